The quantitative estimate of drug-likeness (QED) is 0.479. The second-order valence-corrected chi connectivity index (χ2v) is 2.18. The van der Waals surface area contributed by atoms with E-state index < -0.39 is 6.29 Å². The monoisotopic (exact) mass is 126 g/mol. The summed E-state index contributed by atoms with van der Waals surface area (Å²) in [6, 6.07) is 0. The fourth-order valence-corrected chi connectivity index (χ4v) is 0.926. The molecule has 2 unspecified atom stereocenters. The molecule has 0 bridgehead atoms. The van der Waals surface area contributed by atoms with Crippen LogP contribution >= 0.6 is 0 Å². The van der Waals surface area contributed by atoms with E-state index in [1.165, 1.54) is 0 Å². The maximum atomic E-state index is 8.89. The molecule has 1 heterocycles. The Kier molecular flexibility index (Phi) is 2.10. The van der Waals surface area contributed by atoms with Crippen LogP contribution in [0.25, 0.3) is 0 Å². The molecule has 2 nitrogen and oxygen atoms in total. The van der Waals surface area contributed by atoms with Crippen molar-refractivity contribution in [2.24, 2.45) is 0 Å². The van der Waals surface area contributed by atoms with Crippen LogP contribution in [0.5, 0.6) is 0 Å². The van der Waals surface area contributed by atoms with Gasteiger partial charge in [0.25, 0.3) is 0 Å². The molecule has 50 valence electrons. The number of rotatable bonds is 0. The number of aliphatic hydroxyl groups is 1. The Hall–Kier alpha value is -0.520. The van der Waals surface area contributed by atoms with E-state index in [-0.39, 0.29) is 6.10 Å². The summed E-state index contributed by atoms with van der Waals surface area (Å²) in [4.78, 5) is 0. The number of hydrogen-bond acceptors (Lipinski definition) is 2. The molecule has 0 aromatic carbocycles. The average molecular weight is 126 g/mol. The van der Waals surface area contributed by atoms with Gasteiger partial charge >= 0.3 is 0 Å². The van der Waals surface area contributed by atoms with Gasteiger partial charge in [-0.05, 0) is 19.3 Å². The van der Waals surface area contributed by atoms with Crippen LogP contribution in [0.1, 0.15) is 19.3 Å². The molecule has 0 aromatic heterocycles. The first-order valence-electron chi connectivity index (χ1n) is 3.12. The van der Waals surface area contributed by atoms with Gasteiger partial charge in [-0.1, -0.05) is 5.92 Å². The first-order valence-corrected chi connectivity index (χ1v) is 3.12. The highest BCUT2D eigenvalue weighted by Gasteiger charge is 2.17. The van der Waals surface area contributed by atoms with E-state index in [0.717, 1.165) is 19.3 Å². The second kappa shape index (κ2) is 2.86. The molecule has 0 saturated carbocycles. The van der Waals surface area contributed by atoms with Crippen LogP contribution in [-0.4, -0.2) is 17.5 Å². The van der Waals surface area contributed by atoms with E-state index >= 15 is 0 Å². The van der Waals surface area contributed by atoms with Gasteiger partial charge < -0.3 is 9.84 Å². The first kappa shape index (κ1) is 6.60. The summed E-state index contributed by atoms with van der Waals surface area (Å²) in [5.74, 6) is 2.45. The molecular formula is C7H10O2. The Balaban J connectivity index is 2.34. The van der Waals surface area contributed by atoms with Gasteiger partial charge in [0, 0.05) is 0 Å². The minimum Gasteiger partial charge on any atom is -0.368 e. The molecule has 9 heavy (non-hydrogen) atoms. The topological polar surface area (TPSA) is 29.5 Å². The summed E-state index contributed by atoms with van der Waals surface area (Å²) < 4.78 is 4.95. The maximum absolute atomic E-state index is 8.89. The van der Waals surface area contributed by atoms with Crippen molar-refractivity contribution in [3.63, 3.8) is 0 Å². The van der Waals surface area contributed by atoms with E-state index in [1.807, 2.05) is 0 Å². The lowest BCUT2D eigenvalue weighted by atomic mass is 10.1. The van der Waals surface area contributed by atoms with Crippen molar-refractivity contribution < 1.29 is 9.84 Å². The third-order valence-electron chi connectivity index (χ3n) is 1.42. The molecule has 2 heteroatoms. The second-order valence-electron chi connectivity index (χ2n) is 2.18. The Morgan fingerprint density at radius 1 is 1.56 bits per heavy atom. The van der Waals surface area contributed by atoms with Crippen molar-refractivity contribution in [1.82, 2.24) is 0 Å². The summed E-state index contributed by atoms with van der Waals surface area (Å²) in [7, 11) is 0. The number of ether oxygens (including phenoxy) is 1. The fourth-order valence-electron chi connectivity index (χ4n) is 0.926. The van der Waals surface area contributed by atoms with Crippen molar-refractivity contribution in [2.45, 2.75) is 31.7 Å². The summed E-state index contributed by atoms with van der Waals surface area (Å²) in [6.07, 6.45) is 6.87. The lowest BCUT2D eigenvalue weighted by Gasteiger charge is -2.22. The predicted molar refractivity (Wildman–Crippen MR) is 33.6 cm³/mol. The van der Waals surface area contributed by atoms with E-state index in [9.17, 15) is 0 Å². The molecule has 0 aliphatic carbocycles. The predicted octanol–water partition coefficient (Wildman–Crippen LogP) is 0.507. The largest absolute Gasteiger partial charge is 0.368 e. The molecule has 2 atom stereocenters. The standard InChI is InChI=1S/C7H10O2/c1-2-6-4-3-5-7(8)9-6/h1,6-8H,3-5H2. The van der Waals surface area contributed by atoms with Crippen molar-refractivity contribution in [2.75, 3.05) is 0 Å². The van der Waals surface area contributed by atoms with E-state index in [4.69, 9.17) is 16.3 Å². The number of aliphatic hydroxyl groups excluding tert-OH is 1. The van der Waals surface area contributed by atoms with Crippen molar-refractivity contribution in [1.29, 1.82) is 0 Å². The summed E-state index contributed by atoms with van der Waals surface area (Å²) in [5, 5.41) is 8.89. The normalized spacial score (nSPS) is 35.6. The third kappa shape index (κ3) is 1.70. The van der Waals surface area contributed by atoms with Gasteiger partial charge in [0.2, 0.25) is 0 Å². The smallest absolute Gasteiger partial charge is 0.156 e. The molecule has 0 spiro atoms. The maximum Gasteiger partial charge on any atom is 0.156 e. The molecule has 0 aromatic rings. The van der Waals surface area contributed by atoms with Crippen LogP contribution in [-0.2, 0) is 4.74 Å². The Bertz CT molecular complexity index is 125. The van der Waals surface area contributed by atoms with Gasteiger partial charge in [0.15, 0.2) is 6.29 Å². The third-order valence-corrected chi connectivity index (χ3v) is 1.42. The zero-order chi connectivity index (χ0) is 6.69. The lowest BCUT2D eigenvalue weighted by molar-refractivity contribution is -0.145. The summed E-state index contributed by atoms with van der Waals surface area (Å²) >= 11 is 0. The summed E-state index contributed by atoms with van der Waals surface area (Å²) in [5.41, 5.74) is 0. The molecule has 1 fully saturated rings. The van der Waals surface area contributed by atoms with Crippen LogP contribution in [0.4, 0.5) is 0 Å². The van der Waals surface area contributed by atoms with Crippen molar-refractivity contribution in [3.8, 4) is 12.3 Å². The lowest BCUT2D eigenvalue weighted by Crippen LogP contribution is -2.25. The van der Waals surface area contributed by atoms with Crippen LogP contribution in [0.3, 0.4) is 0 Å². The van der Waals surface area contributed by atoms with Crippen molar-refractivity contribution in [3.05, 3.63) is 0 Å². The molecule has 1 rings (SSSR count). The fraction of sp³-hybridized carbons (Fsp3) is 0.714. The Labute approximate surface area is 54.8 Å². The van der Waals surface area contributed by atoms with Crippen LogP contribution in [0.15, 0.2) is 0 Å². The zero-order valence-corrected chi connectivity index (χ0v) is 5.21. The average Bonchev–Trinajstić information content (AvgIpc) is 1.88. The number of hydrogen-bond donors (Lipinski definition) is 1. The van der Waals surface area contributed by atoms with E-state index in [1.54, 1.807) is 0 Å². The van der Waals surface area contributed by atoms with Crippen LogP contribution in [0, 0.1) is 12.3 Å². The SMILES string of the molecule is C#CC1CCCC(O)O1. The van der Waals surface area contributed by atoms with Gasteiger partial charge in [-0.15, -0.1) is 6.42 Å². The molecule has 0 radical (unpaired) electrons. The van der Waals surface area contributed by atoms with Gasteiger partial charge in [-0.25, -0.2) is 0 Å². The molecule has 1 N–H and O–H groups in total. The minimum atomic E-state index is -0.625. The molecule has 1 aliphatic heterocycles. The van der Waals surface area contributed by atoms with E-state index in [2.05, 4.69) is 5.92 Å². The zero-order valence-electron chi connectivity index (χ0n) is 5.21. The molecular weight excluding hydrogens is 116 g/mol. The van der Waals surface area contributed by atoms with E-state index in [0.29, 0.717) is 0 Å². The highest BCUT2D eigenvalue weighted by Crippen LogP contribution is 2.15. The van der Waals surface area contributed by atoms with Gasteiger partial charge in [-0.2, -0.15) is 0 Å². The molecule has 0 amide bonds. The minimum absolute atomic E-state index is 0.159. The van der Waals surface area contributed by atoms with Crippen LogP contribution < -0.4 is 0 Å². The number of terminal acetylenes is 1. The van der Waals surface area contributed by atoms with Gasteiger partial charge in [0.1, 0.15) is 6.10 Å². The van der Waals surface area contributed by atoms with Crippen molar-refractivity contribution >= 4 is 0 Å². The highest BCUT2D eigenvalue weighted by molar-refractivity contribution is 4.95. The molecule has 1 saturated heterocycles. The summed E-state index contributed by atoms with van der Waals surface area (Å²) in [6.45, 7) is 0. The van der Waals surface area contributed by atoms with Gasteiger partial charge in [0.05, 0.1) is 0 Å². The highest BCUT2D eigenvalue weighted by atomic mass is 16.6. The Morgan fingerprint density at radius 2 is 2.33 bits per heavy atom. The van der Waals surface area contributed by atoms with Crippen LogP contribution in [0.2, 0.25) is 0 Å². The Morgan fingerprint density at radius 3 is 2.78 bits per heavy atom. The van der Waals surface area contributed by atoms with Gasteiger partial charge in [-0.3, -0.25) is 0 Å². The first-order chi connectivity index (χ1) is 4.33. The molecule has 1 aliphatic rings.